The van der Waals surface area contributed by atoms with Crippen molar-refractivity contribution in [2.75, 3.05) is 6.61 Å². The summed E-state index contributed by atoms with van der Waals surface area (Å²) in [4.78, 5) is 12.5. The maximum Gasteiger partial charge on any atom is 0.222 e. The minimum atomic E-state index is -0.960. The maximum absolute atomic E-state index is 12.5. The van der Waals surface area contributed by atoms with E-state index in [1.165, 1.54) is 231 Å². The lowest BCUT2D eigenvalue weighted by Crippen LogP contribution is -2.45. The van der Waals surface area contributed by atoms with E-state index in [2.05, 4.69) is 55.6 Å². The van der Waals surface area contributed by atoms with E-state index in [1.54, 1.807) is 6.08 Å². The normalized spacial score (nSPS) is 13.6. The van der Waals surface area contributed by atoms with Crippen molar-refractivity contribution in [3.05, 3.63) is 48.6 Å². The molecule has 0 radical (unpaired) electrons. The number of unbranched alkanes of at least 4 members (excludes halogenated alkanes) is 37. The summed E-state index contributed by atoms with van der Waals surface area (Å²) >= 11 is 0. The van der Waals surface area contributed by atoms with E-state index in [4.69, 9.17) is 0 Å². The van der Waals surface area contributed by atoms with Crippen molar-refractivity contribution < 1.29 is 20.1 Å². The maximum atomic E-state index is 12.5. The minimum absolute atomic E-state index is 0.00317. The van der Waals surface area contributed by atoms with Crippen LogP contribution in [-0.4, -0.2) is 46.1 Å². The van der Waals surface area contributed by atoms with Crippen LogP contribution in [0.2, 0.25) is 0 Å². The molecule has 4 N–H and O–H groups in total. The van der Waals surface area contributed by atoms with Crippen LogP contribution in [0.4, 0.5) is 0 Å². The Bertz CT molecular complexity index is 1040. The van der Waals surface area contributed by atoms with Crippen molar-refractivity contribution >= 4 is 5.91 Å². The van der Waals surface area contributed by atoms with Crippen molar-refractivity contribution in [2.45, 2.75) is 315 Å². The first kappa shape index (κ1) is 62.3. The summed E-state index contributed by atoms with van der Waals surface area (Å²) in [6, 6.07) is -0.768. The van der Waals surface area contributed by atoms with Gasteiger partial charge in [-0.25, -0.2) is 0 Å². The zero-order chi connectivity index (χ0) is 46.5. The third-order valence-electron chi connectivity index (χ3n) is 13.1. The quantitative estimate of drug-likeness (QED) is 0.0362. The van der Waals surface area contributed by atoms with E-state index >= 15 is 0 Å². The summed E-state index contributed by atoms with van der Waals surface area (Å²) in [5.41, 5.74) is 0. The smallest absolute Gasteiger partial charge is 0.222 e. The number of aliphatic hydroxyl groups is 3. The molecule has 0 aromatic heterocycles. The molecule has 0 bridgehead atoms. The fourth-order valence-electron chi connectivity index (χ4n) is 8.72. The van der Waals surface area contributed by atoms with Crippen LogP contribution in [0.1, 0.15) is 296 Å². The molecule has 64 heavy (non-hydrogen) atoms. The molecule has 5 nitrogen and oxygen atoms in total. The number of hydrogen-bond donors (Lipinski definition) is 4. The second-order valence-corrected chi connectivity index (χ2v) is 19.5. The van der Waals surface area contributed by atoms with Crippen LogP contribution in [-0.2, 0) is 4.79 Å². The van der Waals surface area contributed by atoms with Gasteiger partial charge in [0.2, 0.25) is 5.91 Å². The summed E-state index contributed by atoms with van der Waals surface area (Å²) in [6.07, 6.45) is 71.7. The molecule has 0 aliphatic carbocycles. The third-order valence-corrected chi connectivity index (χ3v) is 13.1. The third kappa shape index (κ3) is 49.7. The summed E-state index contributed by atoms with van der Waals surface area (Å²) < 4.78 is 0. The van der Waals surface area contributed by atoms with Gasteiger partial charge < -0.3 is 20.6 Å². The van der Waals surface area contributed by atoms with Crippen LogP contribution < -0.4 is 5.32 Å². The Morgan fingerprint density at radius 2 is 0.672 bits per heavy atom. The molecule has 0 aromatic carbocycles. The van der Waals surface area contributed by atoms with E-state index in [1.807, 2.05) is 6.08 Å². The van der Waals surface area contributed by atoms with E-state index in [0.717, 1.165) is 38.5 Å². The number of aliphatic hydroxyl groups excluding tert-OH is 3. The molecule has 0 heterocycles. The molecule has 0 saturated carbocycles. The average Bonchev–Trinajstić information content (AvgIpc) is 3.29. The zero-order valence-corrected chi connectivity index (χ0v) is 42.9. The highest BCUT2D eigenvalue weighted by Gasteiger charge is 2.20. The summed E-state index contributed by atoms with van der Waals surface area (Å²) in [5, 5.41) is 33.4. The summed E-state index contributed by atoms with van der Waals surface area (Å²) in [5.74, 6) is -0.327. The van der Waals surface area contributed by atoms with E-state index in [0.29, 0.717) is 6.42 Å². The van der Waals surface area contributed by atoms with Gasteiger partial charge in [0.05, 0.1) is 31.3 Å². The Labute approximate surface area is 399 Å². The molecule has 0 rings (SSSR count). The highest BCUT2D eigenvalue weighted by atomic mass is 16.3. The number of carbonyl (C=O) groups is 1. The number of amides is 1. The van der Waals surface area contributed by atoms with Crippen LogP contribution in [0.3, 0.4) is 0 Å². The topological polar surface area (TPSA) is 89.8 Å². The average molecular weight is 899 g/mol. The summed E-state index contributed by atoms with van der Waals surface area (Å²) in [7, 11) is 0. The number of nitrogens with one attached hydrogen (secondary N) is 1. The van der Waals surface area contributed by atoms with Crippen molar-refractivity contribution in [1.82, 2.24) is 5.32 Å². The number of allylic oxidation sites excluding steroid dienone is 7. The molecule has 0 aliphatic heterocycles. The Hall–Kier alpha value is -1.69. The van der Waals surface area contributed by atoms with Crippen molar-refractivity contribution in [3.8, 4) is 0 Å². The first-order chi connectivity index (χ1) is 31.5. The first-order valence-electron chi connectivity index (χ1n) is 28.4. The predicted octanol–water partition coefficient (Wildman–Crippen LogP) is 17.6. The van der Waals surface area contributed by atoms with Gasteiger partial charge >= 0.3 is 0 Å². The van der Waals surface area contributed by atoms with Crippen LogP contribution in [0.5, 0.6) is 0 Å². The number of rotatable bonds is 52. The van der Waals surface area contributed by atoms with Gasteiger partial charge in [0.1, 0.15) is 0 Å². The first-order valence-corrected chi connectivity index (χ1v) is 28.4. The van der Waals surface area contributed by atoms with Gasteiger partial charge in [-0.15, -0.1) is 0 Å². The lowest BCUT2D eigenvalue weighted by atomic mass is 10.0. The zero-order valence-electron chi connectivity index (χ0n) is 42.9. The second kappa shape index (κ2) is 53.9. The standard InChI is InChI=1S/C59H111NO4/c1-3-5-7-9-11-13-15-17-19-21-22-23-24-25-26-27-28-29-30-31-32-33-34-35-36-37-38-40-42-44-46-48-50-52-56(62)54-59(64)60-57(55-61)58(63)53-51-49-47-45-43-41-39-20-18-16-14-12-10-8-6-4-2/h18,20,27-28,43,45,51,53,56-58,61-63H,3-17,19,21-26,29-42,44,46-50,52,54-55H2,1-2H3,(H,60,64)/b20-18+,28-27-,45-43+,53-51+. The monoisotopic (exact) mass is 898 g/mol. The summed E-state index contributed by atoms with van der Waals surface area (Å²) in [6.45, 7) is 4.21. The molecule has 5 heteroatoms. The fraction of sp³-hybridized carbons (Fsp3) is 0.847. The van der Waals surface area contributed by atoms with Gasteiger partial charge in [-0.05, 0) is 70.6 Å². The Kier molecular flexibility index (Phi) is 52.5. The van der Waals surface area contributed by atoms with E-state index < -0.39 is 18.2 Å². The van der Waals surface area contributed by atoms with Crippen LogP contribution in [0.15, 0.2) is 48.6 Å². The SMILES string of the molecule is CCCCCCCC/C=C/CC/C=C/CC/C=C/C(O)C(CO)NC(=O)CC(O)CCCCCCCCCCCCCCCCC/C=C\CCCCCCCCCCCCCCCC. The highest BCUT2D eigenvalue weighted by molar-refractivity contribution is 5.76. The molecule has 0 fully saturated rings. The molecule has 1 amide bonds. The van der Waals surface area contributed by atoms with E-state index in [-0.39, 0.29) is 18.9 Å². The van der Waals surface area contributed by atoms with Gasteiger partial charge in [-0.1, -0.05) is 268 Å². The molecule has 0 aromatic rings. The number of hydrogen-bond acceptors (Lipinski definition) is 4. The predicted molar refractivity (Wildman–Crippen MR) is 282 cm³/mol. The Morgan fingerprint density at radius 3 is 1.00 bits per heavy atom. The Balaban J connectivity index is 3.54. The lowest BCUT2D eigenvalue weighted by molar-refractivity contribution is -0.124. The van der Waals surface area contributed by atoms with Gasteiger partial charge in [-0.2, -0.15) is 0 Å². The van der Waals surface area contributed by atoms with Crippen LogP contribution in [0, 0.1) is 0 Å². The fourth-order valence-corrected chi connectivity index (χ4v) is 8.72. The highest BCUT2D eigenvalue weighted by Crippen LogP contribution is 2.17. The number of carbonyl (C=O) groups excluding carboxylic acids is 1. The lowest BCUT2D eigenvalue weighted by Gasteiger charge is -2.21. The second-order valence-electron chi connectivity index (χ2n) is 19.5. The Morgan fingerprint density at radius 1 is 0.391 bits per heavy atom. The van der Waals surface area contributed by atoms with Gasteiger partial charge in [0.15, 0.2) is 0 Å². The van der Waals surface area contributed by atoms with Gasteiger partial charge in [0.25, 0.3) is 0 Å². The molecular weight excluding hydrogens is 787 g/mol. The molecule has 3 atom stereocenters. The van der Waals surface area contributed by atoms with Crippen LogP contribution in [0.25, 0.3) is 0 Å². The van der Waals surface area contributed by atoms with Crippen molar-refractivity contribution in [3.63, 3.8) is 0 Å². The van der Waals surface area contributed by atoms with E-state index in [9.17, 15) is 20.1 Å². The molecule has 0 spiro atoms. The molecule has 3 unspecified atom stereocenters. The van der Waals surface area contributed by atoms with Crippen molar-refractivity contribution in [1.29, 1.82) is 0 Å². The van der Waals surface area contributed by atoms with Crippen molar-refractivity contribution in [2.24, 2.45) is 0 Å². The largest absolute Gasteiger partial charge is 0.394 e. The molecule has 0 aliphatic rings. The molecular formula is C59H111NO4. The minimum Gasteiger partial charge on any atom is -0.394 e. The van der Waals surface area contributed by atoms with Crippen LogP contribution >= 0.6 is 0 Å². The molecule has 0 saturated heterocycles. The molecule has 376 valence electrons. The van der Waals surface area contributed by atoms with Gasteiger partial charge in [0, 0.05) is 0 Å². The van der Waals surface area contributed by atoms with Gasteiger partial charge in [-0.3, -0.25) is 4.79 Å².